The molecule has 3 nitrogen and oxygen atoms in total. The number of fused-ring (bicyclic) bond motifs is 1. The summed E-state index contributed by atoms with van der Waals surface area (Å²) in [4.78, 5) is 2.59. The molecule has 1 aromatic heterocycles. The van der Waals surface area contributed by atoms with Crippen LogP contribution in [-0.2, 0) is 31.5 Å². The monoisotopic (exact) mass is 382 g/mol. The van der Waals surface area contributed by atoms with Crippen molar-refractivity contribution in [2.24, 2.45) is 7.05 Å². The van der Waals surface area contributed by atoms with Crippen molar-refractivity contribution in [2.75, 3.05) is 13.1 Å². The standard InChI is InChI=1S/C23H27ClN2O/c1-25-22-11-4-3-10-20(22)21(15-26-12-5-2-6-13-26)23(25)17-27-16-18-8-7-9-19(24)14-18/h3-4,7-11,14H,2,5-6,12-13,15-17H2,1H3. The molecule has 0 spiro atoms. The van der Waals surface area contributed by atoms with Crippen LogP contribution in [0.5, 0.6) is 0 Å². The van der Waals surface area contributed by atoms with Gasteiger partial charge < -0.3 is 9.30 Å². The summed E-state index contributed by atoms with van der Waals surface area (Å²) in [6, 6.07) is 16.6. The molecule has 0 radical (unpaired) electrons. The summed E-state index contributed by atoms with van der Waals surface area (Å²) < 4.78 is 8.40. The number of likely N-dealkylation sites (tertiary alicyclic amines) is 1. The molecule has 3 aromatic rings. The summed E-state index contributed by atoms with van der Waals surface area (Å²) in [7, 11) is 2.15. The largest absolute Gasteiger partial charge is 0.371 e. The highest BCUT2D eigenvalue weighted by Crippen LogP contribution is 2.28. The molecule has 1 aliphatic rings. The number of piperidine rings is 1. The molecule has 0 bridgehead atoms. The maximum Gasteiger partial charge on any atom is 0.0875 e. The highest BCUT2D eigenvalue weighted by Gasteiger charge is 2.19. The van der Waals surface area contributed by atoms with Gasteiger partial charge in [-0.15, -0.1) is 0 Å². The number of hydrogen-bond acceptors (Lipinski definition) is 2. The van der Waals surface area contributed by atoms with Crippen molar-refractivity contribution in [2.45, 2.75) is 39.0 Å². The fourth-order valence-corrected chi connectivity index (χ4v) is 4.33. The number of aryl methyl sites for hydroxylation is 1. The lowest BCUT2D eigenvalue weighted by Gasteiger charge is -2.26. The normalized spacial score (nSPS) is 15.5. The van der Waals surface area contributed by atoms with Crippen LogP contribution >= 0.6 is 11.6 Å². The Hall–Kier alpha value is -1.81. The molecule has 142 valence electrons. The maximum atomic E-state index is 6.10. The maximum absolute atomic E-state index is 6.10. The van der Waals surface area contributed by atoms with Gasteiger partial charge >= 0.3 is 0 Å². The van der Waals surface area contributed by atoms with E-state index in [1.165, 1.54) is 54.5 Å². The lowest BCUT2D eigenvalue weighted by molar-refractivity contribution is 0.101. The molecule has 0 saturated carbocycles. The van der Waals surface area contributed by atoms with E-state index in [0.717, 1.165) is 17.1 Å². The molecule has 2 heterocycles. The Morgan fingerprint density at radius 1 is 0.963 bits per heavy atom. The highest BCUT2D eigenvalue weighted by molar-refractivity contribution is 6.30. The third-order valence-electron chi connectivity index (χ3n) is 5.57. The van der Waals surface area contributed by atoms with Gasteiger partial charge in [-0.2, -0.15) is 0 Å². The molecule has 0 amide bonds. The van der Waals surface area contributed by atoms with E-state index in [4.69, 9.17) is 16.3 Å². The van der Waals surface area contributed by atoms with Gasteiger partial charge in [0, 0.05) is 35.2 Å². The Labute approximate surface area is 166 Å². The second-order valence-electron chi connectivity index (χ2n) is 7.46. The van der Waals surface area contributed by atoms with Crippen molar-refractivity contribution < 1.29 is 4.74 Å². The van der Waals surface area contributed by atoms with Crippen molar-refractivity contribution in [1.29, 1.82) is 0 Å². The number of halogens is 1. The molecule has 27 heavy (non-hydrogen) atoms. The second-order valence-corrected chi connectivity index (χ2v) is 7.90. The molecular formula is C23H27ClN2O. The van der Waals surface area contributed by atoms with Gasteiger partial charge in [0.15, 0.2) is 0 Å². The van der Waals surface area contributed by atoms with Crippen LogP contribution in [0.25, 0.3) is 10.9 Å². The van der Waals surface area contributed by atoms with Gasteiger partial charge in [-0.1, -0.05) is 48.4 Å². The number of ether oxygens (including phenoxy) is 1. The average Bonchev–Trinajstić information content (AvgIpc) is 2.95. The third kappa shape index (κ3) is 4.21. The van der Waals surface area contributed by atoms with Crippen LogP contribution < -0.4 is 0 Å². The topological polar surface area (TPSA) is 17.4 Å². The molecule has 0 unspecified atom stereocenters. The number of aromatic nitrogens is 1. The van der Waals surface area contributed by atoms with Crippen molar-refractivity contribution in [3.63, 3.8) is 0 Å². The first kappa shape index (κ1) is 18.5. The van der Waals surface area contributed by atoms with Crippen molar-refractivity contribution >= 4 is 22.5 Å². The van der Waals surface area contributed by atoms with Gasteiger partial charge in [-0.3, -0.25) is 4.90 Å². The Morgan fingerprint density at radius 2 is 1.78 bits per heavy atom. The van der Waals surface area contributed by atoms with Gasteiger partial charge in [0.2, 0.25) is 0 Å². The first-order valence-corrected chi connectivity index (χ1v) is 10.2. The Morgan fingerprint density at radius 3 is 2.59 bits per heavy atom. The van der Waals surface area contributed by atoms with E-state index in [9.17, 15) is 0 Å². The van der Waals surface area contributed by atoms with Gasteiger partial charge in [0.1, 0.15) is 0 Å². The number of hydrogen-bond donors (Lipinski definition) is 0. The minimum absolute atomic E-state index is 0.575. The molecule has 0 N–H and O–H groups in total. The van der Waals surface area contributed by atoms with Crippen molar-refractivity contribution in [3.8, 4) is 0 Å². The van der Waals surface area contributed by atoms with Crippen molar-refractivity contribution in [3.05, 3.63) is 70.4 Å². The quantitative estimate of drug-likeness (QED) is 0.557. The van der Waals surface area contributed by atoms with Gasteiger partial charge in [-0.05, 0) is 55.3 Å². The van der Waals surface area contributed by atoms with Gasteiger partial charge in [0.25, 0.3) is 0 Å². The summed E-state index contributed by atoms with van der Waals surface area (Å²) >= 11 is 6.09. The fraction of sp³-hybridized carbons (Fsp3) is 0.391. The van der Waals surface area contributed by atoms with Gasteiger partial charge in [-0.25, -0.2) is 0 Å². The molecular weight excluding hydrogens is 356 g/mol. The Balaban J connectivity index is 1.56. The summed E-state index contributed by atoms with van der Waals surface area (Å²) in [5.41, 5.74) is 5.09. The number of benzene rings is 2. The van der Waals surface area contributed by atoms with Crippen LogP contribution in [0, 0.1) is 0 Å². The van der Waals surface area contributed by atoms with Crippen LogP contribution in [0.4, 0.5) is 0 Å². The lowest BCUT2D eigenvalue weighted by atomic mass is 10.1. The first-order valence-electron chi connectivity index (χ1n) is 9.82. The summed E-state index contributed by atoms with van der Waals surface area (Å²) in [5.74, 6) is 0. The Kier molecular flexibility index (Phi) is 5.82. The minimum atomic E-state index is 0.575. The predicted molar refractivity (Wildman–Crippen MR) is 112 cm³/mol. The Bertz CT molecular complexity index is 912. The molecule has 1 aliphatic heterocycles. The summed E-state index contributed by atoms with van der Waals surface area (Å²) in [5, 5.41) is 2.11. The third-order valence-corrected chi connectivity index (χ3v) is 5.81. The predicted octanol–water partition coefficient (Wildman–Crippen LogP) is 5.53. The van der Waals surface area contributed by atoms with Crippen molar-refractivity contribution in [1.82, 2.24) is 9.47 Å². The van der Waals surface area contributed by atoms with Crippen LogP contribution in [0.3, 0.4) is 0 Å². The molecule has 4 rings (SSSR count). The smallest absolute Gasteiger partial charge is 0.0875 e. The second kappa shape index (κ2) is 8.47. The molecule has 0 atom stereocenters. The van der Waals surface area contributed by atoms with Crippen LogP contribution in [0.15, 0.2) is 48.5 Å². The highest BCUT2D eigenvalue weighted by atomic mass is 35.5. The fourth-order valence-electron chi connectivity index (χ4n) is 4.12. The van der Waals surface area contributed by atoms with E-state index in [1.807, 2.05) is 18.2 Å². The van der Waals surface area contributed by atoms with E-state index in [0.29, 0.717) is 13.2 Å². The SMILES string of the molecule is Cn1c(COCc2cccc(Cl)c2)c(CN2CCCCC2)c2ccccc21. The molecule has 2 aromatic carbocycles. The minimum Gasteiger partial charge on any atom is -0.371 e. The number of rotatable bonds is 6. The zero-order chi connectivity index (χ0) is 18.6. The zero-order valence-electron chi connectivity index (χ0n) is 16.0. The first-order chi connectivity index (χ1) is 13.2. The van der Waals surface area contributed by atoms with Crippen LogP contribution in [0.1, 0.15) is 36.1 Å². The van der Waals surface area contributed by atoms with E-state index in [2.05, 4.69) is 46.8 Å². The summed E-state index contributed by atoms with van der Waals surface area (Å²) in [6.07, 6.45) is 3.98. The van der Waals surface area contributed by atoms with Crippen LogP contribution in [0.2, 0.25) is 5.02 Å². The molecule has 1 fully saturated rings. The van der Waals surface area contributed by atoms with E-state index < -0.39 is 0 Å². The molecule has 1 saturated heterocycles. The number of para-hydroxylation sites is 1. The molecule has 0 aliphatic carbocycles. The molecule has 4 heteroatoms. The van der Waals surface area contributed by atoms with Crippen LogP contribution in [-0.4, -0.2) is 22.6 Å². The zero-order valence-corrected chi connectivity index (χ0v) is 16.7. The van der Waals surface area contributed by atoms with E-state index in [1.54, 1.807) is 0 Å². The summed E-state index contributed by atoms with van der Waals surface area (Å²) in [6.45, 7) is 4.60. The van der Waals surface area contributed by atoms with E-state index in [-0.39, 0.29) is 0 Å². The van der Waals surface area contributed by atoms with E-state index >= 15 is 0 Å². The average molecular weight is 383 g/mol. The number of nitrogens with zero attached hydrogens (tertiary/aromatic N) is 2. The lowest BCUT2D eigenvalue weighted by Crippen LogP contribution is -2.29. The van der Waals surface area contributed by atoms with Gasteiger partial charge in [0.05, 0.1) is 13.2 Å².